The maximum absolute atomic E-state index is 13.6. The summed E-state index contributed by atoms with van der Waals surface area (Å²) >= 11 is 5.57. The van der Waals surface area contributed by atoms with Crippen LogP contribution in [0.2, 0.25) is 0 Å². The number of nitrogens with one attached hydrogen (secondary N) is 3. The van der Waals surface area contributed by atoms with Crippen LogP contribution in [0.25, 0.3) is 0 Å². The van der Waals surface area contributed by atoms with Crippen LogP contribution in [-0.4, -0.2) is 40.2 Å². The number of para-hydroxylation sites is 1. The molecular weight excluding hydrogens is 456 g/mol. The number of hydrogen-bond acceptors (Lipinski definition) is 5. The SMILES string of the molecule is CC(C)CN1C(=N)/C(=C(\NCc2ccc(C(C)(F)F)cc2)Nc2ccccc2)C(=S)N(C)C1=O. The van der Waals surface area contributed by atoms with E-state index >= 15 is 0 Å². The molecule has 1 heterocycles. The smallest absolute Gasteiger partial charge is 0.330 e. The number of carbonyl (C=O) groups excluding carboxylic acids is 1. The number of amidine groups is 1. The molecule has 0 spiro atoms. The number of benzene rings is 2. The maximum Gasteiger partial charge on any atom is 0.330 e. The van der Waals surface area contributed by atoms with Crippen molar-refractivity contribution in [3.8, 4) is 0 Å². The molecule has 0 saturated carbocycles. The lowest BCUT2D eigenvalue weighted by molar-refractivity contribution is 0.0174. The summed E-state index contributed by atoms with van der Waals surface area (Å²) in [6.07, 6.45) is 0. The summed E-state index contributed by atoms with van der Waals surface area (Å²) in [5.74, 6) is -2.29. The summed E-state index contributed by atoms with van der Waals surface area (Å²) in [4.78, 5) is 15.8. The highest BCUT2D eigenvalue weighted by Crippen LogP contribution is 2.27. The lowest BCUT2D eigenvalue weighted by Gasteiger charge is -2.37. The van der Waals surface area contributed by atoms with Gasteiger partial charge in [-0.2, -0.15) is 0 Å². The Kier molecular flexibility index (Phi) is 7.66. The van der Waals surface area contributed by atoms with Crippen LogP contribution in [0, 0.1) is 11.3 Å². The molecule has 1 saturated heterocycles. The molecule has 0 bridgehead atoms. The monoisotopic (exact) mass is 485 g/mol. The molecular formula is C25H29F2N5OS. The number of amides is 2. The zero-order chi connectivity index (χ0) is 25.0. The summed E-state index contributed by atoms with van der Waals surface area (Å²) in [5.41, 5.74) is 1.87. The van der Waals surface area contributed by atoms with Crippen molar-refractivity contribution < 1.29 is 13.6 Å². The Labute approximate surface area is 204 Å². The lowest BCUT2D eigenvalue weighted by Crippen LogP contribution is -2.56. The van der Waals surface area contributed by atoms with Crippen LogP contribution < -0.4 is 10.6 Å². The summed E-state index contributed by atoms with van der Waals surface area (Å²) < 4.78 is 27.1. The third kappa shape index (κ3) is 5.77. The zero-order valence-corrected chi connectivity index (χ0v) is 20.5. The fraction of sp³-hybridized carbons (Fsp3) is 0.320. The van der Waals surface area contributed by atoms with E-state index in [1.54, 1.807) is 19.2 Å². The Bertz CT molecular complexity index is 1090. The Morgan fingerprint density at radius 2 is 1.74 bits per heavy atom. The highest BCUT2D eigenvalue weighted by atomic mass is 32.1. The van der Waals surface area contributed by atoms with Gasteiger partial charge in [-0.1, -0.05) is 68.5 Å². The molecule has 3 rings (SSSR count). The van der Waals surface area contributed by atoms with E-state index in [4.69, 9.17) is 17.6 Å². The Morgan fingerprint density at radius 3 is 2.29 bits per heavy atom. The topological polar surface area (TPSA) is 71.5 Å². The number of rotatable bonds is 8. The number of nitrogens with zero attached hydrogens (tertiary/aromatic N) is 2. The highest BCUT2D eigenvalue weighted by Gasteiger charge is 2.37. The van der Waals surface area contributed by atoms with Gasteiger partial charge in [0.15, 0.2) is 0 Å². The van der Waals surface area contributed by atoms with Crippen molar-refractivity contribution in [1.82, 2.24) is 15.1 Å². The van der Waals surface area contributed by atoms with Gasteiger partial charge in [-0.15, -0.1) is 0 Å². The summed E-state index contributed by atoms with van der Waals surface area (Å²) in [6.45, 7) is 5.48. The second-order valence-corrected chi connectivity index (χ2v) is 9.07. The quantitative estimate of drug-likeness (QED) is 0.339. The first-order valence-corrected chi connectivity index (χ1v) is 11.4. The van der Waals surface area contributed by atoms with Gasteiger partial charge in [0, 0.05) is 38.3 Å². The molecule has 9 heteroatoms. The minimum absolute atomic E-state index is 0.00806. The van der Waals surface area contributed by atoms with Gasteiger partial charge in [-0.05, 0) is 23.6 Å². The number of alkyl halides is 2. The minimum atomic E-state index is -2.91. The molecule has 2 amide bonds. The van der Waals surface area contributed by atoms with E-state index in [1.165, 1.54) is 21.9 Å². The molecule has 34 heavy (non-hydrogen) atoms. The second-order valence-electron chi connectivity index (χ2n) is 8.68. The van der Waals surface area contributed by atoms with E-state index in [0.29, 0.717) is 24.5 Å². The molecule has 0 radical (unpaired) electrons. The minimum Gasteiger partial charge on any atom is -0.367 e. The first-order valence-electron chi connectivity index (χ1n) is 10.9. The molecule has 1 aliphatic rings. The van der Waals surface area contributed by atoms with Crippen molar-refractivity contribution in [3.63, 3.8) is 0 Å². The number of likely N-dealkylation sites (N-methyl/N-ethyl adjacent to an activating group) is 1. The van der Waals surface area contributed by atoms with Crippen LogP contribution in [0.15, 0.2) is 66.0 Å². The molecule has 2 aromatic rings. The predicted octanol–water partition coefficient (Wildman–Crippen LogP) is 5.54. The van der Waals surface area contributed by atoms with Gasteiger partial charge in [-0.25, -0.2) is 13.6 Å². The number of anilines is 1. The average molecular weight is 486 g/mol. The van der Waals surface area contributed by atoms with Crippen molar-refractivity contribution in [2.75, 3.05) is 18.9 Å². The number of thiocarbonyl (C=S) groups is 1. The first-order chi connectivity index (χ1) is 16.0. The fourth-order valence-electron chi connectivity index (χ4n) is 3.49. The van der Waals surface area contributed by atoms with Crippen LogP contribution in [0.5, 0.6) is 0 Å². The number of urea groups is 1. The maximum atomic E-state index is 13.6. The van der Waals surface area contributed by atoms with Gasteiger partial charge in [-0.3, -0.25) is 15.2 Å². The van der Waals surface area contributed by atoms with Crippen LogP contribution in [-0.2, 0) is 12.5 Å². The van der Waals surface area contributed by atoms with Gasteiger partial charge in [0.2, 0.25) is 0 Å². The van der Waals surface area contributed by atoms with Gasteiger partial charge in [0.1, 0.15) is 16.6 Å². The molecule has 180 valence electrons. The van der Waals surface area contributed by atoms with Crippen molar-refractivity contribution in [2.45, 2.75) is 33.2 Å². The van der Waals surface area contributed by atoms with Gasteiger partial charge in [0.25, 0.3) is 5.92 Å². The fourth-order valence-corrected chi connectivity index (χ4v) is 3.77. The molecule has 2 aromatic carbocycles. The lowest BCUT2D eigenvalue weighted by atomic mass is 10.1. The normalized spacial score (nSPS) is 16.3. The van der Waals surface area contributed by atoms with Gasteiger partial charge in [0.05, 0.1) is 5.57 Å². The summed E-state index contributed by atoms with van der Waals surface area (Å²) in [7, 11) is 1.59. The number of hydrogen-bond donors (Lipinski definition) is 3. The molecule has 0 atom stereocenters. The number of halogens is 2. The zero-order valence-electron chi connectivity index (χ0n) is 19.7. The van der Waals surface area contributed by atoms with Crippen LogP contribution in [0.1, 0.15) is 31.9 Å². The molecule has 0 unspecified atom stereocenters. The average Bonchev–Trinajstić information content (AvgIpc) is 2.79. The first kappa shape index (κ1) is 25.3. The Hall–Kier alpha value is -3.33. The van der Waals surface area contributed by atoms with E-state index in [2.05, 4.69) is 10.6 Å². The van der Waals surface area contributed by atoms with Crippen molar-refractivity contribution in [3.05, 3.63) is 77.1 Å². The molecule has 6 nitrogen and oxygen atoms in total. The third-order valence-corrected chi connectivity index (χ3v) is 5.79. The number of carbonyl (C=O) groups is 1. The summed E-state index contributed by atoms with van der Waals surface area (Å²) in [5, 5.41) is 15.3. The summed E-state index contributed by atoms with van der Waals surface area (Å²) in [6, 6.07) is 15.1. The predicted molar refractivity (Wildman–Crippen MR) is 135 cm³/mol. The standard InChI is InChI=1S/C25H29F2N5OS/c1-16(2)15-32-21(28)20(23(34)31(4)24(32)33)22(30-19-8-6-5-7-9-19)29-14-17-10-12-18(13-11-17)25(3,26)27/h5-13,16,28-30H,14-15H2,1-4H3/b22-20-,28-21?. The van der Waals surface area contributed by atoms with E-state index in [9.17, 15) is 13.6 Å². The molecule has 0 aliphatic carbocycles. The van der Waals surface area contributed by atoms with Crippen LogP contribution in [0.3, 0.4) is 0 Å². The molecule has 1 fully saturated rings. The highest BCUT2D eigenvalue weighted by molar-refractivity contribution is 7.80. The Balaban J connectivity index is 1.97. The molecule has 0 aromatic heterocycles. The largest absolute Gasteiger partial charge is 0.367 e. The van der Waals surface area contributed by atoms with Gasteiger partial charge < -0.3 is 10.6 Å². The van der Waals surface area contributed by atoms with Crippen molar-refractivity contribution >= 4 is 34.8 Å². The Morgan fingerprint density at radius 1 is 1.12 bits per heavy atom. The van der Waals surface area contributed by atoms with E-state index in [-0.39, 0.29) is 28.3 Å². The second kappa shape index (κ2) is 10.3. The molecule has 3 N–H and O–H groups in total. The van der Waals surface area contributed by atoms with E-state index < -0.39 is 5.92 Å². The third-order valence-electron chi connectivity index (χ3n) is 5.31. The van der Waals surface area contributed by atoms with E-state index in [1.807, 2.05) is 44.2 Å². The van der Waals surface area contributed by atoms with Crippen LogP contribution in [0.4, 0.5) is 19.3 Å². The van der Waals surface area contributed by atoms with E-state index in [0.717, 1.165) is 18.2 Å². The van der Waals surface area contributed by atoms with Gasteiger partial charge >= 0.3 is 6.03 Å². The molecule has 1 aliphatic heterocycles. The van der Waals surface area contributed by atoms with Crippen molar-refractivity contribution in [2.24, 2.45) is 5.92 Å². The van der Waals surface area contributed by atoms with Crippen molar-refractivity contribution in [1.29, 1.82) is 5.41 Å². The van der Waals surface area contributed by atoms with Crippen LogP contribution >= 0.6 is 12.2 Å².